The van der Waals surface area contributed by atoms with Crippen molar-refractivity contribution >= 4 is 0 Å². The molecule has 0 nitrogen and oxygen atoms in total. The first-order chi connectivity index (χ1) is 9.33. The van der Waals surface area contributed by atoms with Crippen LogP contribution in [0, 0.1) is 5.82 Å². The third-order valence-corrected chi connectivity index (χ3v) is 1.73. The minimum atomic E-state index is -0.360. The SMILES string of the molecule is CC.CC.FCc1ccccc1.Fc1ccccc1. The molecule has 2 aromatic carbocycles. The van der Waals surface area contributed by atoms with Crippen LogP contribution < -0.4 is 0 Å². The van der Waals surface area contributed by atoms with Gasteiger partial charge >= 0.3 is 0 Å². The largest absolute Gasteiger partial charge is 0.246 e. The highest BCUT2D eigenvalue weighted by atomic mass is 19.1. The molecule has 0 aromatic heterocycles. The lowest BCUT2D eigenvalue weighted by Gasteiger charge is -1.87. The molecule has 0 bridgehead atoms. The van der Waals surface area contributed by atoms with Crippen LogP contribution in [0.3, 0.4) is 0 Å². The summed E-state index contributed by atoms with van der Waals surface area (Å²) < 4.78 is 23.6. The topological polar surface area (TPSA) is 0 Å². The Morgan fingerprint density at radius 1 is 0.684 bits per heavy atom. The Hall–Kier alpha value is -1.70. The van der Waals surface area contributed by atoms with Crippen molar-refractivity contribution in [2.75, 3.05) is 0 Å². The average molecular weight is 266 g/mol. The average Bonchev–Trinajstić information content (AvgIpc) is 2.53. The molecule has 0 fully saturated rings. The molecule has 0 saturated carbocycles. The van der Waals surface area contributed by atoms with Gasteiger partial charge < -0.3 is 0 Å². The molecule has 0 N–H and O–H groups in total. The van der Waals surface area contributed by atoms with Crippen molar-refractivity contribution in [1.29, 1.82) is 0 Å². The van der Waals surface area contributed by atoms with E-state index in [4.69, 9.17) is 0 Å². The number of halogens is 2. The molecule has 2 heteroatoms. The molecule has 0 spiro atoms. The van der Waals surface area contributed by atoms with Gasteiger partial charge in [0.1, 0.15) is 12.5 Å². The van der Waals surface area contributed by atoms with Crippen LogP contribution >= 0.6 is 0 Å². The van der Waals surface area contributed by atoms with E-state index < -0.39 is 0 Å². The highest BCUT2D eigenvalue weighted by Crippen LogP contribution is 1.98. The van der Waals surface area contributed by atoms with E-state index in [1.807, 2.05) is 45.9 Å². The van der Waals surface area contributed by atoms with Gasteiger partial charge in [-0.15, -0.1) is 0 Å². The zero-order valence-corrected chi connectivity index (χ0v) is 12.2. The predicted octanol–water partition coefficient (Wildman–Crippen LogP) is 6.03. The lowest BCUT2D eigenvalue weighted by atomic mass is 10.2. The molecule has 2 rings (SSSR count). The molecular weight excluding hydrogens is 242 g/mol. The van der Waals surface area contributed by atoms with E-state index >= 15 is 0 Å². The molecule has 2 aromatic rings. The number of hydrogen-bond donors (Lipinski definition) is 0. The predicted molar refractivity (Wildman–Crippen MR) is 80.4 cm³/mol. The molecular formula is C17H24F2. The summed E-state index contributed by atoms with van der Waals surface area (Å²) in [7, 11) is 0. The van der Waals surface area contributed by atoms with Gasteiger partial charge in [-0.25, -0.2) is 8.78 Å². The smallest absolute Gasteiger partial charge is 0.123 e. The standard InChI is InChI=1S/C7H7F.C6H5F.2C2H6/c8-6-7-4-2-1-3-5-7;7-6-4-2-1-3-5-6;2*1-2/h1-5H,6H2;1-5H;2*1-2H3. The Bertz CT molecular complexity index is 358. The van der Waals surface area contributed by atoms with Crippen molar-refractivity contribution in [3.8, 4) is 0 Å². The summed E-state index contributed by atoms with van der Waals surface area (Å²) in [6.45, 7) is 7.64. The lowest BCUT2D eigenvalue weighted by molar-refractivity contribution is 0.485. The summed E-state index contributed by atoms with van der Waals surface area (Å²) in [5.74, 6) is -0.178. The molecule has 106 valence electrons. The Balaban J connectivity index is 0. The highest BCUT2D eigenvalue weighted by molar-refractivity contribution is 5.13. The van der Waals surface area contributed by atoms with Gasteiger partial charge in [-0.05, 0) is 17.7 Å². The third-order valence-electron chi connectivity index (χ3n) is 1.73. The van der Waals surface area contributed by atoms with Crippen LogP contribution in [-0.2, 0) is 6.67 Å². The molecule has 0 atom stereocenters. The maximum Gasteiger partial charge on any atom is 0.123 e. The molecule has 0 aliphatic rings. The number of hydrogen-bond acceptors (Lipinski definition) is 0. The van der Waals surface area contributed by atoms with E-state index in [1.54, 1.807) is 30.3 Å². The van der Waals surface area contributed by atoms with Crippen LogP contribution in [0.5, 0.6) is 0 Å². The lowest BCUT2D eigenvalue weighted by Crippen LogP contribution is -1.72. The molecule has 0 aliphatic heterocycles. The van der Waals surface area contributed by atoms with Crippen LogP contribution in [-0.4, -0.2) is 0 Å². The van der Waals surface area contributed by atoms with Crippen LogP contribution in [0.2, 0.25) is 0 Å². The molecule has 0 radical (unpaired) electrons. The van der Waals surface area contributed by atoms with Gasteiger partial charge in [0.05, 0.1) is 0 Å². The van der Waals surface area contributed by atoms with Crippen LogP contribution in [0.15, 0.2) is 60.7 Å². The Morgan fingerprint density at radius 2 is 1.05 bits per heavy atom. The first-order valence-corrected chi connectivity index (χ1v) is 6.63. The first kappa shape index (κ1) is 19.6. The van der Waals surface area contributed by atoms with Crippen molar-refractivity contribution in [3.05, 3.63) is 72.0 Å². The highest BCUT2D eigenvalue weighted by Gasteiger charge is 1.83. The van der Waals surface area contributed by atoms with E-state index in [0.29, 0.717) is 0 Å². The second-order valence-electron chi connectivity index (χ2n) is 2.91. The molecule has 0 amide bonds. The van der Waals surface area contributed by atoms with E-state index in [-0.39, 0.29) is 12.5 Å². The molecule has 0 unspecified atom stereocenters. The van der Waals surface area contributed by atoms with Crippen LogP contribution in [0.25, 0.3) is 0 Å². The zero-order valence-electron chi connectivity index (χ0n) is 12.2. The summed E-state index contributed by atoms with van der Waals surface area (Å²) in [6, 6.07) is 17.0. The van der Waals surface area contributed by atoms with Gasteiger partial charge in [0.2, 0.25) is 0 Å². The van der Waals surface area contributed by atoms with Crippen molar-refractivity contribution < 1.29 is 8.78 Å². The van der Waals surface area contributed by atoms with E-state index in [0.717, 1.165) is 5.56 Å². The Labute approximate surface area is 116 Å². The summed E-state index contributed by atoms with van der Waals surface area (Å²) >= 11 is 0. The van der Waals surface area contributed by atoms with E-state index in [2.05, 4.69) is 0 Å². The second-order valence-corrected chi connectivity index (χ2v) is 2.91. The van der Waals surface area contributed by atoms with Gasteiger partial charge in [-0.1, -0.05) is 76.2 Å². The second kappa shape index (κ2) is 16.3. The van der Waals surface area contributed by atoms with Crippen LogP contribution in [0.1, 0.15) is 33.3 Å². The fourth-order valence-corrected chi connectivity index (χ4v) is 0.982. The quantitative estimate of drug-likeness (QED) is 0.590. The number of rotatable bonds is 1. The Morgan fingerprint density at radius 3 is 1.26 bits per heavy atom. The monoisotopic (exact) mass is 266 g/mol. The van der Waals surface area contributed by atoms with Crippen molar-refractivity contribution in [2.45, 2.75) is 34.4 Å². The Kier molecular flexibility index (Phi) is 16.8. The molecule has 0 saturated heterocycles. The van der Waals surface area contributed by atoms with Gasteiger partial charge in [-0.3, -0.25) is 0 Å². The number of alkyl halides is 1. The van der Waals surface area contributed by atoms with Crippen molar-refractivity contribution in [2.24, 2.45) is 0 Å². The normalized spacial score (nSPS) is 7.68. The molecule has 0 aliphatic carbocycles. The maximum atomic E-state index is 11.9. The van der Waals surface area contributed by atoms with E-state index in [9.17, 15) is 8.78 Å². The summed E-state index contributed by atoms with van der Waals surface area (Å²) in [5, 5.41) is 0. The molecule has 0 heterocycles. The van der Waals surface area contributed by atoms with Crippen molar-refractivity contribution in [1.82, 2.24) is 0 Å². The third kappa shape index (κ3) is 12.5. The minimum Gasteiger partial charge on any atom is -0.246 e. The minimum absolute atomic E-state index is 0.178. The van der Waals surface area contributed by atoms with Crippen LogP contribution in [0.4, 0.5) is 8.78 Å². The maximum absolute atomic E-state index is 11.9. The zero-order chi connectivity index (χ0) is 14.9. The fraction of sp³-hybridized carbons (Fsp3) is 0.294. The number of benzene rings is 2. The van der Waals surface area contributed by atoms with Gasteiger partial charge in [-0.2, -0.15) is 0 Å². The fourth-order valence-electron chi connectivity index (χ4n) is 0.982. The van der Waals surface area contributed by atoms with Gasteiger partial charge in [0, 0.05) is 0 Å². The first-order valence-electron chi connectivity index (χ1n) is 6.63. The van der Waals surface area contributed by atoms with Crippen molar-refractivity contribution in [3.63, 3.8) is 0 Å². The van der Waals surface area contributed by atoms with Gasteiger partial charge in [0.15, 0.2) is 0 Å². The van der Waals surface area contributed by atoms with Gasteiger partial charge in [0.25, 0.3) is 0 Å². The summed E-state index contributed by atoms with van der Waals surface area (Å²) in [5.41, 5.74) is 0.743. The van der Waals surface area contributed by atoms with E-state index in [1.165, 1.54) is 12.1 Å². The summed E-state index contributed by atoms with van der Waals surface area (Å²) in [4.78, 5) is 0. The summed E-state index contributed by atoms with van der Waals surface area (Å²) in [6.07, 6.45) is 0. The molecule has 19 heavy (non-hydrogen) atoms.